The molecule has 0 aliphatic heterocycles. The van der Waals surface area contributed by atoms with E-state index in [0.717, 1.165) is 0 Å². The molecule has 0 radical (unpaired) electrons. The molecule has 116 valence electrons. The van der Waals surface area contributed by atoms with Crippen LogP contribution < -0.4 is 11.1 Å². The van der Waals surface area contributed by atoms with E-state index in [2.05, 4.69) is 10.5 Å². The number of para-hydroxylation sites is 1. The summed E-state index contributed by atoms with van der Waals surface area (Å²) >= 11 is 0.342. The summed E-state index contributed by atoms with van der Waals surface area (Å²) in [5.41, 5.74) is 5.77. The van der Waals surface area contributed by atoms with E-state index in [1.165, 1.54) is 12.1 Å². The van der Waals surface area contributed by atoms with Crippen LogP contribution in [0.25, 0.3) is 0 Å². The fourth-order valence-corrected chi connectivity index (χ4v) is 2.42. The van der Waals surface area contributed by atoms with Crippen LogP contribution in [-0.2, 0) is 4.79 Å². The molecular weight excluding hydrogens is 300 g/mol. The SMILES string of the molecule is CC(C)C(C(=O)Nc1ccccc1SC(F)F)C(N)=NO. The van der Waals surface area contributed by atoms with Crippen LogP contribution in [0.15, 0.2) is 34.3 Å². The number of oxime groups is 1. The number of amides is 1. The molecule has 5 nitrogen and oxygen atoms in total. The summed E-state index contributed by atoms with van der Waals surface area (Å²) in [6.07, 6.45) is 0. The number of carbonyl (C=O) groups is 1. The van der Waals surface area contributed by atoms with Crippen LogP contribution in [0.1, 0.15) is 13.8 Å². The van der Waals surface area contributed by atoms with Crippen molar-refractivity contribution < 1.29 is 18.8 Å². The third-order valence-corrected chi connectivity index (χ3v) is 3.53. The Morgan fingerprint density at radius 2 is 2.00 bits per heavy atom. The average molecular weight is 317 g/mol. The van der Waals surface area contributed by atoms with Gasteiger partial charge in [-0.2, -0.15) is 8.78 Å². The highest BCUT2D eigenvalue weighted by atomic mass is 32.2. The lowest BCUT2D eigenvalue weighted by Crippen LogP contribution is -2.38. The van der Waals surface area contributed by atoms with Gasteiger partial charge in [0.05, 0.1) is 5.69 Å². The molecule has 1 unspecified atom stereocenters. The first-order valence-corrected chi connectivity index (χ1v) is 7.07. The van der Waals surface area contributed by atoms with Crippen LogP contribution in [0, 0.1) is 11.8 Å². The maximum absolute atomic E-state index is 12.5. The van der Waals surface area contributed by atoms with E-state index in [1.54, 1.807) is 26.0 Å². The van der Waals surface area contributed by atoms with Crippen molar-refractivity contribution in [2.45, 2.75) is 24.5 Å². The largest absolute Gasteiger partial charge is 0.409 e. The molecule has 1 rings (SSSR count). The Kier molecular flexibility index (Phi) is 6.41. The number of thioether (sulfide) groups is 1. The molecule has 4 N–H and O–H groups in total. The number of nitrogens with zero attached hydrogens (tertiary/aromatic N) is 1. The van der Waals surface area contributed by atoms with Crippen LogP contribution in [-0.4, -0.2) is 22.7 Å². The summed E-state index contributed by atoms with van der Waals surface area (Å²) in [6.45, 7) is 3.48. The molecule has 1 amide bonds. The van der Waals surface area contributed by atoms with Gasteiger partial charge in [-0.3, -0.25) is 4.79 Å². The van der Waals surface area contributed by atoms with Crippen LogP contribution in [0.3, 0.4) is 0 Å². The Labute approximate surface area is 125 Å². The summed E-state index contributed by atoms with van der Waals surface area (Å²) in [4.78, 5) is 12.5. The zero-order valence-electron chi connectivity index (χ0n) is 11.6. The van der Waals surface area contributed by atoms with Crippen LogP contribution in [0.5, 0.6) is 0 Å². The molecular formula is C13H17F2N3O2S. The fourth-order valence-electron chi connectivity index (χ4n) is 1.82. The number of nitrogens with one attached hydrogen (secondary N) is 1. The van der Waals surface area contributed by atoms with Crippen molar-refractivity contribution >= 4 is 29.2 Å². The number of benzene rings is 1. The molecule has 0 bridgehead atoms. The Balaban J connectivity index is 2.97. The predicted molar refractivity (Wildman–Crippen MR) is 78.7 cm³/mol. The van der Waals surface area contributed by atoms with Gasteiger partial charge in [-0.15, -0.1) is 0 Å². The van der Waals surface area contributed by atoms with Gasteiger partial charge in [0.2, 0.25) is 5.91 Å². The Bertz CT molecular complexity index is 524. The van der Waals surface area contributed by atoms with Crippen molar-refractivity contribution in [2.75, 3.05) is 5.32 Å². The molecule has 1 aromatic rings. The van der Waals surface area contributed by atoms with E-state index >= 15 is 0 Å². The maximum Gasteiger partial charge on any atom is 0.288 e. The number of hydrogen-bond donors (Lipinski definition) is 3. The molecule has 1 atom stereocenters. The lowest BCUT2D eigenvalue weighted by Gasteiger charge is -2.19. The number of nitrogens with two attached hydrogens (primary N) is 1. The van der Waals surface area contributed by atoms with Gasteiger partial charge in [0.25, 0.3) is 5.76 Å². The van der Waals surface area contributed by atoms with Crippen LogP contribution in [0.2, 0.25) is 0 Å². The van der Waals surface area contributed by atoms with Gasteiger partial charge in [0.15, 0.2) is 5.84 Å². The smallest absolute Gasteiger partial charge is 0.288 e. The summed E-state index contributed by atoms with van der Waals surface area (Å²) < 4.78 is 25.0. The van der Waals surface area contributed by atoms with Gasteiger partial charge in [-0.1, -0.05) is 42.9 Å². The van der Waals surface area contributed by atoms with Crippen molar-refractivity contribution in [3.8, 4) is 0 Å². The van der Waals surface area contributed by atoms with E-state index in [0.29, 0.717) is 11.8 Å². The first-order valence-electron chi connectivity index (χ1n) is 6.19. The van der Waals surface area contributed by atoms with E-state index in [1.807, 2.05) is 0 Å². The highest BCUT2D eigenvalue weighted by Gasteiger charge is 2.27. The summed E-state index contributed by atoms with van der Waals surface area (Å²) in [5, 5.41) is 14.1. The van der Waals surface area contributed by atoms with Crippen molar-refractivity contribution in [2.24, 2.45) is 22.7 Å². The molecule has 21 heavy (non-hydrogen) atoms. The Morgan fingerprint density at radius 1 is 1.38 bits per heavy atom. The minimum absolute atomic E-state index is 0.212. The van der Waals surface area contributed by atoms with Gasteiger partial charge >= 0.3 is 0 Å². The second-order valence-electron chi connectivity index (χ2n) is 4.61. The second-order valence-corrected chi connectivity index (χ2v) is 5.64. The van der Waals surface area contributed by atoms with E-state index < -0.39 is 17.6 Å². The molecule has 1 aromatic carbocycles. The maximum atomic E-state index is 12.5. The third-order valence-electron chi connectivity index (χ3n) is 2.74. The van der Waals surface area contributed by atoms with Gasteiger partial charge in [-0.05, 0) is 18.1 Å². The Hall–Kier alpha value is -1.83. The van der Waals surface area contributed by atoms with Gasteiger partial charge in [0, 0.05) is 4.90 Å². The van der Waals surface area contributed by atoms with Gasteiger partial charge in [-0.25, -0.2) is 0 Å². The monoisotopic (exact) mass is 317 g/mol. The summed E-state index contributed by atoms with van der Waals surface area (Å²) in [6, 6.07) is 6.23. The molecule has 0 fully saturated rings. The normalized spacial score (nSPS) is 13.5. The van der Waals surface area contributed by atoms with Crippen LogP contribution >= 0.6 is 11.8 Å². The molecule has 0 aliphatic carbocycles. The minimum Gasteiger partial charge on any atom is -0.409 e. The number of hydrogen-bond acceptors (Lipinski definition) is 4. The number of anilines is 1. The number of rotatable bonds is 6. The quantitative estimate of drug-likeness (QED) is 0.247. The highest BCUT2D eigenvalue weighted by Crippen LogP contribution is 2.32. The standard InChI is InChI=1S/C13H17F2N3O2S/c1-7(2)10(11(16)18-20)12(19)17-8-5-3-4-6-9(8)21-13(14)15/h3-7,10,13,20H,1-2H3,(H2,16,18)(H,17,19). The van der Waals surface area contributed by atoms with Crippen molar-refractivity contribution in [3.05, 3.63) is 24.3 Å². The average Bonchev–Trinajstić information content (AvgIpc) is 2.39. The molecule has 0 saturated carbocycles. The molecule has 0 spiro atoms. The zero-order chi connectivity index (χ0) is 16.0. The first-order chi connectivity index (χ1) is 9.86. The Morgan fingerprint density at radius 3 is 2.52 bits per heavy atom. The topological polar surface area (TPSA) is 87.7 Å². The van der Waals surface area contributed by atoms with Gasteiger partial charge in [0.1, 0.15) is 5.92 Å². The number of carbonyl (C=O) groups excluding carboxylic acids is 1. The molecule has 0 saturated heterocycles. The third kappa shape index (κ3) is 4.89. The predicted octanol–water partition coefficient (Wildman–Crippen LogP) is 2.96. The number of amidine groups is 1. The number of alkyl halides is 2. The number of halogens is 2. The van der Waals surface area contributed by atoms with Crippen molar-refractivity contribution in [1.82, 2.24) is 0 Å². The van der Waals surface area contributed by atoms with E-state index in [-0.39, 0.29) is 22.3 Å². The molecule has 0 aliphatic rings. The lowest BCUT2D eigenvalue weighted by atomic mass is 9.94. The van der Waals surface area contributed by atoms with Crippen molar-refractivity contribution in [3.63, 3.8) is 0 Å². The molecule has 0 heterocycles. The zero-order valence-corrected chi connectivity index (χ0v) is 12.4. The highest BCUT2D eigenvalue weighted by molar-refractivity contribution is 7.99. The lowest BCUT2D eigenvalue weighted by molar-refractivity contribution is -0.119. The van der Waals surface area contributed by atoms with E-state index in [9.17, 15) is 13.6 Å². The van der Waals surface area contributed by atoms with Crippen LogP contribution in [0.4, 0.5) is 14.5 Å². The summed E-state index contributed by atoms with van der Waals surface area (Å²) in [5.74, 6) is -4.38. The minimum atomic E-state index is -2.59. The molecule has 8 heteroatoms. The molecule has 0 aromatic heterocycles. The second kappa shape index (κ2) is 7.82. The summed E-state index contributed by atoms with van der Waals surface area (Å²) in [7, 11) is 0. The fraction of sp³-hybridized carbons (Fsp3) is 0.385. The van der Waals surface area contributed by atoms with Gasteiger partial charge < -0.3 is 16.3 Å². The van der Waals surface area contributed by atoms with E-state index in [4.69, 9.17) is 10.9 Å². The van der Waals surface area contributed by atoms with Crippen molar-refractivity contribution in [1.29, 1.82) is 0 Å². The first kappa shape index (κ1) is 17.2.